The van der Waals surface area contributed by atoms with Crippen LogP contribution in [0.5, 0.6) is 0 Å². The number of nitrogens with zero attached hydrogens (tertiary/aromatic N) is 1. The Kier molecular flexibility index (Phi) is 18.1. The molecule has 0 saturated carbocycles. The van der Waals surface area contributed by atoms with Gasteiger partial charge in [-0.2, -0.15) is 0 Å². The largest absolute Gasteiger partial charge is 0.392 e. The maximum absolute atomic E-state index is 10.0. The van der Waals surface area contributed by atoms with Gasteiger partial charge < -0.3 is 15.3 Å². The van der Waals surface area contributed by atoms with Crippen LogP contribution in [-0.4, -0.2) is 45.3 Å². The van der Waals surface area contributed by atoms with Crippen LogP contribution in [0.2, 0.25) is 0 Å². The third-order valence-electron chi connectivity index (χ3n) is 5.27. The predicted octanol–water partition coefficient (Wildman–Crippen LogP) is 5.20. The van der Waals surface area contributed by atoms with Crippen LogP contribution in [0.4, 0.5) is 0 Å². The molecular weight excluding hydrogens is 326 g/mol. The first-order chi connectivity index (χ1) is 12.5. The number of unbranched alkanes of at least 4 members (excludes halogenated alkanes) is 13. The minimum absolute atomic E-state index is 0.327. The molecule has 0 aliphatic heterocycles. The van der Waals surface area contributed by atoms with Gasteiger partial charge in [-0.05, 0) is 20.3 Å². The zero-order chi connectivity index (χ0) is 19.6. The van der Waals surface area contributed by atoms with Gasteiger partial charge in [0, 0.05) is 6.54 Å². The lowest BCUT2D eigenvalue weighted by molar-refractivity contribution is -0.101. The average Bonchev–Trinajstić information content (AvgIpc) is 2.59. The second-order valence-electron chi connectivity index (χ2n) is 8.00. The van der Waals surface area contributed by atoms with E-state index in [4.69, 9.17) is 0 Å². The number of rotatable bonds is 19. The van der Waals surface area contributed by atoms with E-state index in [0.717, 1.165) is 19.3 Å². The second-order valence-corrected chi connectivity index (χ2v) is 8.00. The Morgan fingerprint density at radius 1 is 0.577 bits per heavy atom. The van der Waals surface area contributed by atoms with Crippen molar-refractivity contribution < 1.29 is 15.3 Å². The Morgan fingerprint density at radius 3 is 1.27 bits per heavy atom. The standard InChI is InChI=1S/C22H47NO3/c1-4-5-6-7-8-9-10-11-12-13-14-15-16-17-18-22(26)19-23(20(2)24)21(3)25/h20-22,24-26H,4-19H2,1-3H3. The zero-order valence-corrected chi connectivity index (χ0v) is 17.8. The monoisotopic (exact) mass is 373 g/mol. The smallest absolute Gasteiger partial charge is 0.106 e. The summed E-state index contributed by atoms with van der Waals surface area (Å²) in [7, 11) is 0. The van der Waals surface area contributed by atoms with Crippen molar-refractivity contribution in [2.75, 3.05) is 6.54 Å². The Bertz CT molecular complexity index is 277. The van der Waals surface area contributed by atoms with Crippen molar-refractivity contribution in [1.82, 2.24) is 4.90 Å². The normalized spacial score (nSPS) is 15.3. The van der Waals surface area contributed by atoms with Gasteiger partial charge >= 0.3 is 0 Å². The highest BCUT2D eigenvalue weighted by atomic mass is 16.3. The lowest BCUT2D eigenvalue weighted by Crippen LogP contribution is -2.44. The molecule has 4 nitrogen and oxygen atoms in total. The Labute approximate surface area is 163 Å². The van der Waals surface area contributed by atoms with E-state index in [1.54, 1.807) is 13.8 Å². The van der Waals surface area contributed by atoms with Crippen molar-refractivity contribution in [2.24, 2.45) is 0 Å². The molecule has 0 aromatic rings. The molecule has 0 amide bonds. The molecule has 0 aromatic carbocycles. The van der Waals surface area contributed by atoms with Gasteiger partial charge in [0.05, 0.1) is 6.10 Å². The maximum Gasteiger partial charge on any atom is 0.106 e. The van der Waals surface area contributed by atoms with E-state index in [-0.39, 0.29) is 0 Å². The molecule has 4 heteroatoms. The van der Waals surface area contributed by atoms with E-state index in [2.05, 4.69) is 6.92 Å². The van der Waals surface area contributed by atoms with Crippen molar-refractivity contribution in [1.29, 1.82) is 0 Å². The molecule has 3 unspecified atom stereocenters. The first-order valence-corrected chi connectivity index (χ1v) is 11.3. The summed E-state index contributed by atoms with van der Waals surface area (Å²) < 4.78 is 0. The highest BCUT2D eigenvalue weighted by Gasteiger charge is 2.19. The topological polar surface area (TPSA) is 63.9 Å². The summed E-state index contributed by atoms with van der Waals surface area (Å²) in [5.74, 6) is 0. The lowest BCUT2D eigenvalue weighted by atomic mass is 10.0. The molecule has 0 heterocycles. The number of hydrogen-bond donors (Lipinski definition) is 3. The van der Waals surface area contributed by atoms with Gasteiger partial charge in [0.15, 0.2) is 0 Å². The fraction of sp³-hybridized carbons (Fsp3) is 1.00. The molecule has 26 heavy (non-hydrogen) atoms. The molecule has 0 rings (SSSR count). The molecule has 158 valence electrons. The summed E-state index contributed by atoms with van der Waals surface area (Å²) in [5, 5.41) is 29.2. The van der Waals surface area contributed by atoms with Gasteiger partial charge in [0.1, 0.15) is 12.5 Å². The second kappa shape index (κ2) is 18.2. The van der Waals surface area contributed by atoms with Crippen molar-refractivity contribution in [2.45, 2.75) is 136 Å². The number of hydrogen-bond acceptors (Lipinski definition) is 4. The van der Waals surface area contributed by atoms with Gasteiger partial charge in [-0.15, -0.1) is 0 Å². The molecule has 0 spiro atoms. The fourth-order valence-electron chi connectivity index (χ4n) is 3.53. The molecule has 0 aromatic heterocycles. The summed E-state index contributed by atoms with van der Waals surface area (Å²) >= 11 is 0. The molecule has 0 aliphatic rings. The number of aliphatic hydroxyl groups is 3. The van der Waals surface area contributed by atoms with Crippen molar-refractivity contribution in [3.63, 3.8) is 0 Å². The summed E-state index contributed by atoms with van der Waals surface area (Å²) in [5.41, 5.74) is 0. The summed E-state index contributed by atoms with van der Waals surface area (Å²) in [6.07, 6.45) is 17.5. The van der Waals surface area contributed by atoms with Gasteiger partial charge in [-0.3, -0.25) is 4.90 Å². The van der Waals surface area contributed by atoms with Crippen LogP contribution < -0.4 is 0 Å². The van der Waals surface area contributed by atoms with Crippen LogP contribution in [0.15, 0.2) is 0 Å². The van der Waals surface area contributed by atoms with Crippen molar-refractivity contribution in [3.05, 3.63) is 0 Å². The Balaban J connectivity index is 3.35. The van der Waals surface area contributed by atoms with Crippen LogP contribution in [0.25, 0.3) is 0 Å². The highest BCUT2D eigenvalue weighted by molar-refractivity contribution is 4.66. The van der Waals surface area contributed by atoms with E-state index >= 15 is 0 Å². The van der Waals surface area contributed by atoms with Crippen LogP contribution in [0.3, 0.4) is 0 Å². The SMILES string of the molecule is CCCCCCCCCCCCCCCCC(O)CN(C(C)O)C(C)O. The highest BCUT2D eigenvalue weighted by Crippen LogP contribution is 2.14. The summed E-state index contributed by atoms with van der Waals surface area (Å²) in [6.45, 7) is 5.83. The van der Waals surface area contributed by atoms with E-state index < -0.39 is 18.6 Å². The van der Waals surface area contributed by atoms with E-state index in [1.807, 2.05) is 0 Å². The van der Waals surface area contributed by atoms with Gasteiger partial charge in [0.2, 0.25) is 0 Å². The van der Waals surface area contributed by atoms with E-state index in [0.29, 0.717) is 6.54 Å². The van der Waals surface area contributed by atoms with Gasteiger partial charge in [0.25, 0.3) is 0 Å². The first-order valence-electron chi connectivity index (χ1n) is 11.3. The summed E-state index contributed by atoms with van der Waals surface area (Å²) in [4.78, 5) is 1.51. The van der Waals surface area contributed by atoms with Gasteiger partial charge in [-0.25, -0.2) is 0 Å². The third-order valence-corrected chi connectivity index (χ3v) is 5.27. The zero-order valence-electron chi connectivity index (χ0n) is 17.8. The molecule has 3 N–H and O–H groups in total. The summed E-state index contributed by atoms with van der Waals surface area (Å²) in [6, 6.07) is 0. The quantitative estimate of drug-likeness (QED) is 0.215. The molecular formula is C22H47NO3. The van der Waals surface area contributed by atoms with Crippen LogP contribution >= 0.6 is 0 Å². The molecule has 0 radical (unpaired) electrons. The van der Waals surface area contributed by atoms with Crippen molar-refractivity contribution in [3.8, 4) is 0 Å². The molecule has 0 saturated heterocycles. The molecule has 0 aliphatic carbocycles. The van der Waals surface area contributed by atoms with Crippen LogP contribution in [-0.2, 0) is 0 Å². The first kappa shape index (κ1) is 25.8. The minimum Gasteiger partial charge on any atom is -0.392 e. The van der Waals surface area contributed by atoms with Crippen molar-refractivity contribution >= 4 is 0 Å². The minimum atomic E-state index is -0.735. The lowest BCUT2D eigenvalue weighted by Gasteiger charge is -2.30. The fourth-order valence-corrected chi connectivity index (χ4v) is 3.53. The predicted molar refractivity (Wildman–Crippen MR) is 111 cm³/mol. The Morgan fingerprint density at radius 2 is 0.923 bits per heavy atom. The van der Waals surface area contributed by atoms with Gasteiger partial charge in [-0.1, -0.05) is 96.8 Å². The van der Waals surface area contributed by atoms with E-state index in [9.17, 15) is 15.3 Å². The number of aliphatic hydroxyl groups excluding tert-OH is 3. The molecule has 0 bridgehead atoms. The molecule has 0 fully saturated rings. The third kappa shape index (κ3) is 16.0. The molecule has 3 atom stereocenters. The Hall–Kier alpha value is -0.160. The average molecular weight is 374 g/mol. The van der Waals surface area contributed by atoms with Crippen LogP contribution in [0.1, 0.15) is 117 Å². The van der Waals surface area contributed by atoms with E-state index in [1.165, 1.54) is 81.9 Å². The maximum atomic E-state index is 10.0. The van der Waals surface area contributed by atoms with Crippen LogP contribution in [0, 0.1) is 0 Å².